The molecule has 0 aliphatic rings. The zero-order valence-corrected chi connectivity index (χ0v) is 26.2. The van der Waals surface area contributed by atoms with Crippen LogP contribution < -0.4 is 0 Å². The van der Waals surface area contributed by atoms with Gasteiger partial charge in [0.1, 0.15) is 0 Å². The number of fused-ring (bicyclic) bond motifs is 7. The van der Waals surface area contributed by atoms with E-state index >= 15 is 0 Å². The van der Waals surface area contributed by atoms with Gasteiger partial charge < -0.3 is 9.13 Å². The van der Waals surface area contributed by atoms with Gasteiger partial charge >= 0.3 is 0 Å². The Hall–Kier alpha value is -6.38. The van der Waals surface area contributed by atoms with Gasteiger partial charge in [0.15, 0.2) is 0 Å². The summed E-state index contributed by atoms with van der Waals surface area (Å²) in [4.78, 5) is 0. The highest BCUT2D eigenvalue weighted by Crippen LogP contribution is 2.41. The maximum absolute atomic E-state index is 2.39. The highest BCUT2D eigenvalue weighted by Gasteiger charge is 2.17. The predicted octanol–water partition coefficient (Wildman–Crippen LogP) is 12.4. The lowest BCUT2D eigenvalue weighted by atomic mass is 9.90. The summed E-state index contributed by atoms with van der Waals surface area (Å²) in [5, 5.41) is 7.56. The molecule has 224 valence electrons. The van der Waals surface area contributed by atoms with E-state index in [1.807, 2.05) is 0 Å². The minimum Gasteiger partial charge on any atom is -0.309 e. The summed E-state index contributed by atoms with van der Waals surface area (Å²) >= 11 is 0. The third kappa shape index (κ3) is 4.00. The van der Waals surface area contributed by atoms with E-state index in [1.165, 1.54) is 88.0 Å². The second-order valence-corrected chi connectivity index (χ2v) is 12.5. The molecule has 0 amide bonds. The SMILES string of the molecule is c1ccc(-n2c3ccccc3c3cc(-c4cccc5cccc(-c6ccc7c(c6)c6ccccc6n7-c6ccccc6)c45)ccc32)cc1. The van der Waals surface area contributed by atoms with E-state index in [-0.39, 0.29) is 0 Å². The molecule has 0 aliphatic carbocycles. The first-order valence-electron chi connectivity index (χ1n) is 16.5. The van der Waals surface area contributed by atoms with Crippen molar-refractivity contribution in [2.24, 2.45) is 0 Å². The normalized spacial score (nSPS) is 11.8. The van der Waals surface area contributed by atoms with Gasteiger partial charge in [0.25, 0.3) is 0 Å². The Bertz CT molecular complexity index is 2630. The van der Waals surface area contributed by atoms with Crippen molar-refractivity contribution in [3.05, 3.63) is 182 Å². The highest BCUT2D eigenvalue weighted by molar-refractivity contribution is 6.14. The zero-order chi connectivity index (χ0) is 31.6. The van der Waals surface area contributed by atoms with Gasteiger partial charge in [0, 0.05) is 32.9 Å². The molecule has 0 atom stereocenters. The van der Waals surface area contributed by atoms with E-state index in [1.54, 1.807) is 0 Å². The fourth-order valence-electron chi connectivity index (χ4n) is 7.81. The Morgan fingerprint density at radius 3 is 1.19 bits per heavy atom. The molecule has 10 aromatic rings. The van der Waals surface area contributed by atoms with Crippen LogP contribution in [0.5, 0.6) is 0 Å². The second kappa shape index (κ2) is 10.6. The average molecular weight is 611 g/mol. The molecule has 8 aromatic carbocycles. The summed E-state index contributed by atoms with van der Waals surface area (Å²) in [5.41, 5.74) is 12.1. The minimum absolute atomic E-state index is 1.17. The minimum atomic E-state index is 1.17. The number of benzene rings is 8. The Kier molecular flexibility index (Phi) is 5.91. The smallest absolute Gasteiger partial charge is 0.0541 e. The fraction of sp³-hybridized carbons (Fsp3) is 0. The van der Waals surface area contributed by atoms with Crippen LogP contribution in [0.2, 0.25) is 0 Å². The van der Waals surface area contributed by atoms with Gasteiger partial charge in [-0.15, -0.1) is 0 Å². The molecule has 2 heteroatoms. The largest absolute Gasteiger partial charge is 0.309 e. The number of nitrogens with zero attached hydrogens (tertiary/aromatic N) is 2. The average Bonchev–Trinajstić information content (AvgIpc) is 3.67. The van der Waals surface area contributed by atoms with Gasteiger partial charge in [0.05, 0.1) is 22.1 Å². The molecule has 0 bridgehead atoms. The van der Waals surface area contributed by atoms with Crippen LogP contribution in [0.25, 0.3) is 88.0 Å². The number of hydrogen-bond donors (Lipinski definition) is 0. The first-order valence-corrected chi connectivity index (χ1v) is 16.5. The quantitative estimate of drug-likeness (QED) is 0.188. The van der Waals surface area contributed by atoms with Gasteiger partial charge in [-0.25, -0.2) is 0 Å². The van der Waals surface area contributed by atoms with Crippen LogP contribution in [0.1, 0.15) is 0 Å². The van der Waals surface area contributed by atoms with Crippen molar-refractivity contribution in [3.63, 3.8) is 0 Å². The van der Waals surface area contributed by atoms with Crippen LogP contribution in [0.3, 0.4) is 0 Å². The number of para-hydroxylation sites is 4. The predicted molar refractivity (Wildman–Crippen MR) is 203 cm³/mol. The third-order valence-electron chi connectivity index (χ3n) is 9.90. The number of rotatable bonds is 4. The molecule has 0 radical (unpaired) electrons. The molecule has 0 spiro atoms. The first-order chi connectivity index (χ1) is 23.8. The lowest BCUT2D eigenvalue weighted by Crippen LogP contribution is -1.93. The van der Waals surface area contributed by atoms with Crippen molar-refractivity contribution in [3.8, 4) is 33.6 Å². The Labute approximate surface area is 278 Å². The van der Waals surface area contributed by atoms with Crippen LogP contribution in [0, 0.1) is 0 Å². The van der Waals surface area contributed by atoms with Crippen molar-refractivity contribution >= 4 is 54.4 Å². The zero-order valence-electron chi connectivity index (χ0n) is 26.2. The summed E-state index contributed by atoms with van der Waals surface area (Å²) in [6, 6.07) is 66.2. The first kappa shape index (κ1) is 26.8. The molecule has 10 rings (SSSR count). The van der Waals surface area contributed by atoms with Crippen molar-refractivity contribution in [1.82, 2.24) is 9.13 Å². The van der Waals surface area contributed by atoms with E-state index in [0.717, 1.165) is 0 Å². The summed E-state index contributed by atoms with van der Waals surface area (Å²) in [6.07, 6.45) is 0. The van der Waals surface area contributed by atoms with Crippen LogP contribution in [-0.2, 0) is 0 Å². The molecule has 2 aromatic heterocycles. The third-order valence-corrected chi connectivity index (χ3v) is 9.90. The fourth-order valence-corrected chi connectivity index (χ4v) is 7.81. The maximum Gasteiger partial charge on any atom is 0.0541 e. The van der Waals surface area contributed by atoms with Crippen molar-refractivity contribution < 1.29 is 0 Å². The van der Waals surface area contributed by atoms with Gasteiger partial charge in [-0.1, -0.05) is 121 Å². The summed E-state index contributed by atoms with van der Waals surface area (Å²) in [7, 11) is 0. The van der Waals surface area contributed by atoms with Crippen LogP contribution in [-0.4, -0.2) is 9.13 Å². The monoisotopic (exact) mass is 610 g/mol. The van der Waals surface area contributed by atoms with Gasteiger partial charge in [0.2, 0.25) is 0 Å². The van der Waals surface area contributed by atoms with Crippen LogP contribution >= 0.6 is 0 Å². The van der Waals surface area contributed by atoms with E-state index in [9.17, 15) is 0 Å². The summed E-state index contributed by atoms with van der Waals surface area (Å²) in [5.74, 6) is 0. The van der Waals surface area contributed by atoms with E-state index < -0.39 is 0 Å². The molecule has 0 N–H and O–H groups in total. The topological polar surface area (TPSA) is 9.86 Å². The molecular weight excluding hydrogens is 581 g/mol. The lowest BCUT2D eigenvalue weighted by Gasteiger charge is -2.14. The Balaban J connectivity index is 1.20. The second-order valence-electron chi connectivity index (χ2n) is 12.5. The molecule has 0 saturated heterocycles. The van der Waals surface area contributed by atoms with Gasteiger partial charge in [-0.3, -0.25) is 0 Å². The molecule has 0 saturated carbocycles. The summed E-state index contributed by atoms with van der Waals surface area (Å²) < 4.78 is 4.76. The number of aromatic nitrogens is 2. The van der Waals surface area contributed by atoms with Crippen LogP contribution in [0.15, 0.2) is 182 Å². The van der Waals surface area contributed by atoms with E-state index in [0.29, 0.717) is 0 Å². The Morgan fingerprint density at radius 2 is 0.708 bits per heavy atom. The van der Waals surface area contributed by atoms with Crippen LogP contribution in [0.4, 0.5) is 0 Å². The number of hydrogen-bond acceptors (Lipinski definition) is 0. The van der Waals surface area contributed by atoms with Gasteiger partial charge in [-0.05, 0) is 93.7 Å². The molecule has 2 nitrogen and oxygen atoms in total. The van der Waals surface area contributed by atoms with Gasteiger partial charge in [-0.2, -0.15) is 0 Å². The molecule has 0 aliphatic heterocycles. The molecule has 48 heavy (non-hydrogen) atoms. The molecule has 2 heterocycles. The van der Waals surface area contributed by atoms with Crippen molar-refractivity contribution in [2.75, 3.05) is 0 Å². The maximum atomic E-state index is 2.39. The molecule has 0 unspecified atom stereocenters. The molecule has 0 fully saturated rings. The standard InChI is InChI=1S/C46H30N2/c1-3-15-34(16-4-1)47-42-23-9-7-19-38(42)40-29-32(25-27-44(40)47)36-21-11-13-31-14-12-22-37(46(31)36)33-26-28-45-41(30-33)39-20-8-10-24-43(39)48(45)35-17-5-2-6-18-35/h1-30H. The molecular formula is C46H30N2. The highest BCUT2D eigenvalue weighted by atomic mass is 15.0. The summed E-state index contributed by atoms with van der Waals surface area (Å²) in [6.45, 7) is 0. The Morgan fingerprint density at radius 1 is 0.292 bits per heavy atom. The van der Waals surface area contributed by atoms with Crippen molar-refractivity contribution in [1.29, 1.82) is 0 Å². The van der Waals surface area contributed by atoms with E-state index in [4.69, 9.17) is 0 Å². The van der Waals surface area contributed by atoms with E-state index in [2.05, 4.69) is 191 Å². The lowest BCUT2D eigenvalue weighted by molar-refractivity contribution is 1.18. The van der Waals surface area contributed by atoms with Crippen molar-refractivity contribution in [2.45, 2.75) is 0 Å².